The zero-order chi connectivity index (χ0) is 14.7. The van der Waals surface area contributed by atoms with Gasteiger partial charge in [-0.05, 0) is 51.5 Å². The number of halogens is 1. The molecule has 2 nitrogen and oxygen atoms in total. The molecule has 0 fully saturated rings. The fourth-order valence-corrected chi connectivity index (χ4v) is 4.55. The number of rotatable bonds is 5. The van der Waals surface area contributed by atoms with Gasteiger partial charge in [0.2, 0.25) is 0 Å². The van der Waals surface area contributed by atoms with E-state index in [0.29, 0.717) is 6.04 Å². The van der Waals surface area contributed by atoms with Gasteiger partial charge in [0, 0.05) is 21.8 Å². The van der Waals surface area contributed by atoms with Gasteiger partial charge in [0.05, 0.1) is 12.7 Å². The van der Waals surface area contributed by atoms with Gasteiger partial charge < -0.3 is 10.1 Å². The van der Waals surface area contributed by atoms with Crippen LogP contribution in [0.3, 0.4) is 0 Å². The van der Waals surface area contributed by atoms with Crippen molar-refractivity contribution in [2.75, 3.05) is 13.2 Å². The Bertz CT molecular complexity index is 598. The quantitative estimate of drug-likeness (QED) is 0.850. The Morgan fingerprint density at radius 2 is 2.24 bits per heavy atom. The number of likely N-dealkylation sites (N-methyl/N-ethyl adjacent to an activating group) is 1. The highest BCUT2D eigenvalue weighted by molar-refractivity contribution is 9.10. The maximum Gasteiger partial charge on any atom is 0.0984 e. The summed E-state index contributed by atoms with van der Waals surface area (Å²) in [6, 6.07) is 11.1. The van der Waals surface area contributed by atoms with Crippen molar-refractivity contribution < 1.29 is 4.74 Å². The van der Waals surface area contributed by atoms with E-state index in [-0.39, 0.29) is 6.10 Å². The second-order valence-corrected chi connectivity index (χ2v) is 7.16. The molecule has 1 aromatic carbocycles. The highest BCUT2D eigenvalue weighted by atomic mass is 79.9. The average Bonchev–Trinajstić information content (AvgIpc) is 2.91. The van der Waals surface area contributed by atoms with E-state index in [4.69, 9.17) is 4.74 Å². The SMILES string of the molecule is CCNC(Cc1sccc1Br)C1OCCc2ccccc21. The third-order valence-corrected chi connectivity index (χ3v) is 5.91. The van der Waals surface area contributed by atoms with Gasteiger partial charge in [-0.1, -0.05) is 31.2 Å². The third-order valence-electron chi connectivity index (χ3n) is 3.96. The van der Waals surface area contributed by atoms with E-state index in [0.717, 1.165) is 26.0 Å². The van der Waals surface area contributed by atoms with E-state index >= 15 is 0 Å². The molecule has 112 valence electrons. The van der Waals surface area contributed by atoms with Crippen LogP contribution in [0.15, 0.2) is 40.2 Å². The second kappa shape index (κ2) is 7.05. The van der Waals surface area contributed by atoms with Gasteiger partial charge in [-0.25, -0.2) is 0 Å². The molecule has 21 heavy (non-hydrogen) atoms. The first-order valence-electron chi connectivity index (χ1n) is 7.44. The number of hydrogen-bond donors (Lipinski definition) is 1. The predicted molar refractivity (Wildman–Crippen MR) is 92.0 cm³/mol. The van der Waals surface area contributed by atoms with Crippen LogP contribution < -0.4 is 5.32 Å². The Balaban J connectivity index is 1.86. The first-order chi connectivity index (χ1) is 10.3. The minimum Gasteiger partial charge on any atom is -0.372 e. The smallest absolute Gasteiger partial charge is 0.0984 e. The lowest BCUT2D eigenvalue weighted by Crippen LogP contribution is -2.39. The number of hydrogen-bond acceptors (Lipinski definition) is 3. The molecule has 2 atom stereocenters. The maximum atomic E-state index is 6.13. The number of thiophene rings is 1. The van der Waals surface area contributed by atoms with Crippen LogP contribution in [-0.2, 0) is 17.6 Å². The fraction of sp³-hybridized carbons (Fsp3) is 0.412. The maximum absolute atomic E-state index is 6.13. The van der Waals surface area contributed by atoms with Gasteiger partial charge in [0.15, 0.2) is 0 Å². The van der Waals surface area contributed by atoms with Crippen molar-refractivity contribution in [3.8, 4) is 0 Å². The third kappa shape index (κ3) is 3.39. The van der Waals surface area contributed by atoms with Crippen LogP contribution in [-0.4, -0.2) is 19.2 Å². The van der Waals surface area contributed by atoms with Gasteiger partial charge in [-0.2, -0.15) is 0 Å². The van der Waals surface area contributed by atoms with Crippen molar-refractivity contribution >= 4 is 27.3 Å². The molecule has 1 aliphatic heterocycles. The molecule has 0 bridgehead atoms. The largest absolute Gasteiger partial charge is 0.372 e. The molecule has 3 rings (SSSR count). The van der Waals surface area contributed by atoms with Gasteiger partial charge in [-0.3, -0.25) is 0 Å². The lowest BCUT2D eigenvalue weighted by atomic mass is 9.91. The van der Waals surface area contributed by atoms with Gasteiger partial charge in [-0.15, -0.1) is 11.3 Å². The predicted octanol–water partition coefficient (Wildman–Crippen LogP) is 4.35. The summed E-state index contributed by atoms with van der Waals surface area (Å²) >= 11 is 5.45. The lowest BCUT2D eigenvalue weighted by molar-refractivity contribution is 0.0159. The van der Waals surface area contributed by atoms with Crippen LogP contribution in [0.2, 0.25) is 0 Å². The van der Waals surface area contributed by atoms with E-state index in [9.17, 15) is 0 Å². The number of nitrogens with one attached hydrogen (secondary N) is 1. The summed E-state index contributed by atoms with van der Waals surface area (Å²) in [5, 5.41) is 5.76. The van der Waals surface area contributed by atoms with Crippen LogP contribution in [0, 0.1) is 0 Å². The van der Waals surface area contributed by atoms with Crippen molar-refractivity contribution in [1.29, 1.82) is 0 Å². The molecule has 0 aliphatic carbocycles. The highest BCUT2D eigenvalue weighted by Gasteiger charge is 2.29. The van der Waals surface area contributed by atoms with Gasteiger partial charge >= 0.3 is 0 Å². The Morgan fingerprint density at radius 3 is 3.00 bits per heavy atom. The molecule has 0 amide bonds. The first-order valence-corrected chi connectivity index (χ1v) is 9.11. The molecule has 1 N–H and O–H groups in total. The molecule has 0 radical (unpaired) electrons. The molecule has 2 unspecified atom stereocenters. The summed E-state index contributed by atoms with van der Waals surface area (Å²) in [5.74, 6) is 0. The minimum atomic E-state index is 0.142. The van der Waals surface area contributed by atoms with Crippen molar-refractivity contribution in [3.05, 3.63) is 56.2 Å². The zero-order valence-electron chi connectivity index (χ0n) is 12.1. The summed E-state index contributed by atoms with van der Waals surface area (Å²) in [5.41, 5.74) is 2.78. The molecule has 1 aliphatic rings. The topological polar surface area (TPSA) is 21.3 Å². The van der Waals surface area contributed by atoms with Crippen molar-refractivity contribution in [2.24, 2.45) is 0 Å². The van der Waals surface area contributed by atoms with Crippen LogP contribution in [0.4, 0.5) is 0 Å². The van der Waals surface area contributed by atoms with E-state index in [1.54, 1.807) is 11.3 Å². The molecular weight excluding hydrogens is 346 g/mol. The fourth-order valence-electron chi connectivity index (χ4n) is 2.98. The average molecular weight is 366 g/mol. The molecule has 0 spiro atoms. The van der Waals surface area contributed by atoms with Crippen LogP contribution in [0.1, 0.15) is 29.0 Å². The minimum absolute atomic E-state index is 0.142. The number of benzene rings is 1. The molecule has 4 heteroatoms. The molecular formula is C17H20BrNOS. The number of ether oxygens (including phenoxy) is 1. The van der Waals surface area contributed by atoms with E-state index in [1.807, 2.05) is 0 Å². The second-order valence-electron chi connectivity index (χ2n) is 5.30. The Kier molecular flexibility index (Phi) is 5.11. The molecule has 2 aromatic rings. The van der Waals surface area contributed by atoms with Gasteiger partial charge in [0.25, 0.3) is 0 Å². The highest BCUT2D eigenvalue weighted by Crippen LogP contribution is 2.33. The Labute approximate surface area is 138 Å². The van der Waals surface area contributed by atoms with Gasteiger partial charge in [0.1, 0.15) is 0 Å². The van der Waals surface area contributed by atoms with Crippen LogP contribution in [0.5, 0.6) is 0 Å². The summed E-state index contributed by atoms with van der Waals surface area (Å²) in [4.78, 5) is 1.38. The Hall–Kier alpha value is -0.680. The first kappa shape index (κ1) is 15.2. The van der Waals surface area contributed by atoms with Crippen molar-refractivity contribution in [2.45, 2.75) is 31.9 Å². The van der Waals surface area contributed by atoms with Crippen molar-refractivity contribution in [3.63, 3.8) is 0 Å². The molecule has 0 saturated carbocycles. The van der Waals surface area contributed by atoms with Crippen molar-refractivity contribution in [1.82, 2.24) is 5.32 Å². The van der Waals surface area contributed by atoms with E-state index in [2.05, 4.69) is 63.9 Å². The number of fused-ring (bicyclic) bond motifs is 1. The summed E-state index contributed by atoms with van der Waals surface area (Å²) < 4.78 is 7.34. The zero-order valence-corrected chi connectivity index (χ0v) is 14.5. The molecule has 1 aromatic heterocycles. The lowest BCUT2D eigenvalue weighted by Gasteiger charge is -2.33. The summed E-state index contributed by atoms with van der Waals surface area (Å²) in [6.45, 7) is 3.93. The van der Waals surface area contributed by atoms with E-state index < -0.39 is 0 Å². The monoisotopic (exact) mass is 365 g/mol. The van der Waals surface area contributed by atoms with Crippen LogP contribution >= 0.6 is 27.3 Å². The molecule has 0 saturated heterocycles. The summed E-state index contributed by atoms with van der Waals surface area (Å²) in [6.07, 6.45) is 2.16. The van der Waals surface area contributed by atoms with E-state index in [1.165, 1.54) is 20.5 Å². The standard InChI is InChI=1S/C17H20BrNOS/c1-2-19-15(11-16-14(18)8-10-21-16)17-13-6-4-3-5-12(13)7-9-20-17/h3-6,8,10,15,17,19H,2,7,9,11H2,1H3. The summed E-state index contributed by atoms with van der Waals surface area (Å²) in [7, 11) is 0. The van der Waals surface area contributed by atoms with Crippen LogP contribution in [0.25, 0.3) is 0 Å². The Morgan fingerprint density at radius 1 is 1.38 bits per heavy atom. The molecule has 2 heterocycles. The normalized spacial score (nSPS) is 19.2.